The highest BCUT2D eigenvalue weighted by molar-refractivity contribution is 5.15. The second-order valence-corrected chi connectivity index (χ2v) is 11.3. The van der Waals surface area contributed by atoms with Crippen LogP contribution < -0.4 is 0 Å². The SMILES string of the molecule is CC12CC3OC3CC1CCC1C2CCC2(C)C(O)C(N3CCCC3)CC12. The average molecular weight is 360 g/mol. The van der Waals surface area contributed by atoms with Gasteiger partial charge in [0, 0.05) is 6.04 Å². The number of aliphatic hydroxyl groups is 1. The van der Waals surface area contributed by atoms with Crippen LogP contribution in [0.15, 0.2) is 0 Å². The summed E-state index contributed by atoms with van der Waals surface area (Å²) >= 11 is 0. The molecular weight excluding hydrogens is 322 g/mol. The van der Waals surface area contributed by atoms with Crippen LogP contribution in [0.3, 0.4) is 0 Å². The Morgan fingerprint density at radius 3 is 2.54 bits per heavy atom. The normalized spacial score (nSPS) is 61.5. The van der Waals surface area contributed by atoms with Crippen LogP contribution in [0.5, 0.6) is 0 Å². The molecule has 4 aliphatic carbocycles. The Balaban J connectivity index is 1.29. The van der Waals surface area contributed by atoms with E-state index in [0.29, 0.717) is 23.7 Å². The third kappa shape index (κ3) is 2.12. The van der Waals surface area contributed by atoms with Crippen LogP contribution in [0.2, 0.25) is 0 Å². The van der Waals surface area contributed by atoms with E-state index in [1.165, 1.54) is 70.9 Å². The largest absolute Gasteiger partial charge is 0.391 e. The summed E-state index contributed by atoms with van der Waals surface area (Å²) in [6.07, 6.45) is 13.1. The lowest BCUT2D eigenvalue weighted by atomic mass is 9.45. The van der Waals surface area contributed by atoms with E-state index in [2.05, 4.69) is 18.7 Å². The number of rotatable bonds is 1. The monoisotopic (exact) mass is 359 g/mol. The van der Waals surface area contributed by atoms with Crippen LogP contribution in [-0.2, 0) is 4.74 Å². The second kappa shape index (κ2) is 5.48. The van der Waals surface area contributed by atoms with Crippen molar-refractivity contribution in [3.05, 3.63) is 0 Å². The van der Waals surface area contributed by atoms with Gasteiger partial charge in [0.2, 0.25) is 0 Å². The van der Waals surface area contributed by atoms with Crippen LogP contribution in [0.1, 0.15) is 71.6 Å². The molecule has 1 N–H and O–H groups in total. The fourth-order valence-electron chi connectivity index (χ4n) is 8.93. The lowest BCUT2D eigenvalue weighted by Crippen LogP contribution is -2.54. The molecule has 6 rings (SSSR count). The number of nitrogens with zero attached hydrogens (tertiary/aromatic N) is 1. The smallest absolute Gasteiger partial charge is 0.0847 e. The molecule has 6 aliphatic rings. The highest BCUT2D eigenvalue weighted by Crippen LogP contribution is 2.68. The Bertz CT molecular complexity index is 589. The Hall–Kier alpha value is -0.120. The van der Waals surface area contributed by atoms with Gasteiger partial charge in [-0.15, -0.1) is 0 Å². The molecule has 10 unspecified atom stereocenters. The zero-order valence-corrected chi connectivity index (χ0v) is 16.7. The third-order valence-electron chi connectivity index (χ3n) is 10.5. The molecule has 10 atom stereocenters. The van der Waals surface area contributed by atoms with Crippen LogP contribution in [-0.4, -0.2) is 47.4 Å². The molecule has 0 radical (unpaired) electrons. The molecule has 4 saturated carbocycles. The second-order valence-electron chi connectivity index (χ2n) is 11.3. The number of likely N-dealkylation sites (tertiary alicyclic amines) is 1. The molecule has 0 aromatic rings. The van der Waals surface area contributed by atoms with Crippen molar-refractivity contribution >= 4 is 0 Å². The van der Waals surface area contributed by atoms with Gasteiger partial charge in [0.25, 0.3) is 0 Å². The number of hydrogen-bond donors (Lipinski definition) is 1. The lowest BCUT2D eigenvalue weighted by Gasteiger charge is -2.59. The average Bonchev–Trinajstić information content (AvgIpc) is 3.02. The minimum atomic E-state index is -0.0976. The zero-order valence-electron chi connectivity index (χ0n) is 16.7. The molecule has 0 spiro atoms. The van der Waals surface area contributed by atoms with Crippen LogP contribution in [0.25, 0.3) is 0 Å². The van der Waals surface area contributed by atoms with Crippen molar-refractivity contribution in [1.29, 1.82) is 0 Å². The van der Waals surface area contributed by atoms with Gasteiger partial charge in [-0.05, 0) is 105 Å². The first-order valence-corrected chi connectivity index (χ1v) is 11.6. The molecule has 2 saturated heterocycles. The summed E-state index contributed by atoms with van der Waals surface area (Å²) in [7, 11) is 0. The molecule has 0 amide bonds. The molecule has 2 aliphatic heterocycles. The Morgan fingerprint density at radius 2 is 1.73 bits per heavy atom. The topological polar surface area (TPSA) is 36.0 Å². The summed E-state index contributed by atoms with van der Waals surface area (Å²) in [6.45, 7) is 7.51. The van der Waals surface area contributed by atoms with Crippen molar-refractivity contribution < 1.29 is 9.84 Å². The molecule has 2 heterocycles. The zero-order chi connectivity index (χ0) is 17.7. The Labute approximate surface area is 158 Å². The molecule has 0 aromatic carbocycles. The van der Waals surface area contributed by atoms with E-state index in [1.54, 1.807) is 0 Å². The lowest BCUT2D eigenvalue weighted by molar-refractivity contribution is -0.119. The van der Waals surface area contributed by atoms with E-state index >= 15 is 0 Å². The van der Waals surface area contributed by atoms with Crippen LogP contribution in [0, 0.1) is 34.5 Å². The highest BCUT2D eigenvalue weighted by atomic mass is 16.6. The summed E-state index contributed by atoms with van der Waals surface area (Å²) in [5.74, 6) is 3.39. The summed E-state index contributed by atoms with van der Waals surface area (Å²) in [5.41, 5.74) is 0.684. The Kier molecular flexibility index (Phi) is 3.54. The Morgan fingerprint density at radius 1 is 0.923 bits per heavy atom. The number of ether oxygens (including phenoxy) is 1. The van der Waals surface area contributed by atoms with E-state index in [9.17, 15) is 5.11 Å². The number of epoxide rings is 1. The number of hydrogen-bond acceptors (Lipinski definition) is 3. The fourth-order valence-corrected chi connectivity index (χ4v) is 8.93. The van der Waals surface area contributed by atoms with Gasteiger partial charge in [-0.1, -0.05) is 13.8 Å². The van der Waals surface area contributed by atoms with E-state index in [-0.39, 0.29) is 11.5 Å². The summed E-state index contributed by atoms with van der Waals surface area (Å²) in [6, 6.07) is 0.444. The molecule has 3 heteroatoms. The van der Waals surface area contributed by atoms with Gasteiger partial charge >= 0.3 is 0 Å². The predicted octanol–water partition coefficient (Wildman–Crippen LogP) is 3.84. The molecule has 26 heavy (non-hydrogen) atoms. The standard InChI is InChI=1S/C23H37NO2/c1-22-8-7-16-15(6-5-14-11-19-20(26-19)13-23(14,16)2)17(22)12-18(21(22)25)24-9-3-4-10-24/h14-21,25H,3-13H2,1-2H3. The van der Waals surface area contributed by atoms with E-state index in [1.807, 2.05) is 0 Å². The van der Waals surface area contributed by atoms with E-state index in [0.717, 1.165) is 23.7 Å². The van der Waals surface area contributed by atoms with Gasteiger partial charge < -0.3 is 9.84 Å². The van der Waals surface area contributed by atoms with E-state index < -0.39 is 0 Å². The van der Waals surface area contributed by atoms with Gasteiger partial charge in [-0.25, -0.2) is 0 Å². The number of fused-ring (bicyclic) bond motifs is 6. The van der Waals surface area contributed by atoms with Gasteiger partial charge in [-0.2, -0.15) is 0 Å². The molecule has 3 nitrogen and oxygen atoms in total. The van der Waals surface area contributed by atoms with E-state index in [4.69, 9.17) is 4.74 Å². The fraction of sp³-hybridized carbons (Fsp3) is 1.00. The molecular formula is C23H37NO2. The van der Waals surface area contributed by atoms with Crippen molar-refractivity contribution in [2.75, 3.05) is 13.1 Å². The van der Waals surface area contributed by atoms with Crippen molar-refractivity contribution in [3.8, 4) is 0 Å². The minimum Gasteiger partial charge on any atom is -0.391 e. The first-order chi connectivity index (χ1) is 12.5. The first-order valence-electron chi connectivity index (χ1n) is 11.6. The van der Waals surface area contributed by atoms with Crippen LogP contribution >= 0.6 is 0 Å². The van der Waals surface area contributed by atoms with Gasteiger partial charge in [0.05, 0.1) is 18.3 Å². The minimum absolute atomic E-state index is 0.0976. The quantitative estimate of drug-likeness (QED) is 0.723. The van der Waals surface area contributed by atoms with Crippen molar-refractivity contribution in [2.45, 2.75) is 96.0 Å². The van der Waals surface area contributed by atoms with Crippen molar-refractivity contribution in [2.24, 2.45) is 34.5 Å². The molecule has 6 fully saturated rings. The molecule has 0 aromatic heterocycles. The predicted molar refractivity (Wildman–Crippen MR) is 102 cm³/mol. The number of aliphatic hydroxyl groups excluding tert-OH is 1. The highest BCUT2D eigenvalue weighted by Gasteiger charge is 2.65. The van der Waals surface area contributed by atoms with Gasteiger partial charge in [-0.3, -0.25) is 4.90 Å². The molecule has 0 bridgehead atoms. The summed E-state index contributed by atoms with van der Waals surface area (Å²) < 4.78 is 5.98. The van der Waals surface area contributed by atoms with Crippen molar-refractivity contribution in [1.82, 2.24) is 4.90 Å². The third-order valence-corrected chi connectivity index (χ3v) is 10.5. The van der Waals surface area contributed by atoms with Gasteiger partial charge in [0.1, 0.15) is 0 Å². The summed E-state index contributed by atoms with van der Waals surface area (Å²) in [4.78, 5) is 2.64. The maximum atomic E-state index is 11.4. The van der Waals surface area contributed by atoms with Crippen molar-refractivity contribution in [3.63, 3.8) is 0 Å². The van der Waals surface area contributed by atoms with Crippen LogP contribution in [0.4, 0.5) is 0 Å². The maximum absolute atomic E-state index is 11.4. The van der Waals surface area contributed by atoms with Gasteiger partial charge in [0.15, 0.2) is 0 Å². The summed E-state index contributed by atoms with van der Waals surface area (Å²) in [5, 5.41) is 11.4. The molecule has 146 valence electrons. The maximum Gasteiger partial charge on any atom is 0.0847 e. The first kappa shape index (κ1) is 16.8.